The first kappa shape index (κ1) is 12.4. The molecule has 1 saturated heterocycles. The van der Waals surface area contributed by atoms with E-state index in [0.29, 0.717) is 18.2 Å². The summed E-state index contributed by atoms with van der Waals surface area (Å²) in [5.41, 5.74) is 1.85. The SMILES string of the molecule is Cc1ccc2nc(NCC3CCCS3(=O)=O)nn2c1. The van der Waals surface area contributed by atoms with Gasteiger partial charge in [-0.3, -0.25) is 0 Å². The van der Waals surface area contributed by atoms with Crippen molar-refractivity contribution in [3.8, 4) is 0 Å². The number of aromatic nitrogens is 3. The Balaban J connectivity index is 1.75. The van der Waals surface area contributed by atoms with Crippen molar-refractivity contribution >= 4 is 21.4 Å². The molecule has 19 heavy (non-hydrogen) atoms. The van der Waals surface area contributed by atoms with Crippen LogP contribution in [0, 0.1) is 6.92 Å². The smallest absolute Gasteiger partial charge is 0.243 e. The number of sulfone groups is 1. The summed E-state index contributed by atoms with van der Waals surface area (Å²) in [4.78, 5) is 4.31. The van der Waals surface area contributed by atoms with E-state index in [1.165, 1.54) is 0 Å². The predicted molar refractivity (Wildman–Crippen MR) is 73.0 cm³/mol. The summed E-state index contributed by atoms with van der Waals surface area (Å²) in [7, 11) is -2.92. The molecule has 102 valence electrons. The number of rotatable bonds is 3. The van der Waals surface area contributed by atoms with Gasteiger partial charge in [-0.15, -0.1) is 5.10 Å². The third-order valence-corrected chi connectivity index (χ3v) is 5.71. The molecular weight excluding hydrogens is 264 g/mol. The Bertz CT molecular complexity index is 708. The highest BCUT2D eigenvalue weighted by atomic mass is 32.2. The van der Waals surface area contributed by atoms with Crippen molar-refractivity contribution < 1.29 is 8.42 Å². The van der Waals surface area contributed by atoms with Gasteiger partial charge in [-0.05, 0) is 31.4 Å². The summed E-state index contributed by atoms with van der Waals surface area (Å²) < 4.78 is 25.1. The first-order valence-electron chi connectivity index (χ1n) is 6.33. The first-order chi connectivity index (χ1) is 9.04. The minimum Gasteiger partial charge on any atom is -0.352 e. The quantitative estimate of drug-likeness (QED) is 0.908. The fourth-order valence-electron chi connectivity index (χ4n) is 2.35. The molecule has 0 aliphatic carbocycles. The van der Waals surface area contributed by atoms with E-state index in [9.17, 15) is 8.42 Å². The second-order valence-electron chi connectivity index (χ2n) is 4.96. The highest BCUT2D eigenvalue weighted by molar-refractivity contribution is 7.92. The lowest BCUT2D eigenvalue weighted by Gasteiger charge is -2.08. The number of hydrogen-bond donors (Lipinski definition) is 1. The van der Waals surface area contributed by atoms with E-state index in [1.54, 1.807) is 4.52 Å². The number of pyridine rings is 1. The first-order valence-corrected chi connectivity index (χ1v) is 8.05. The third kappa shape index (κ3) is 2.42. The Morgan fingerprint density at radius 1 is 1.47 bits per heavy atom. The van der Waals surface area contributed by atoms with Crippen molar-refractivity contribution in [1.82, 2.24) is 14.6 Å². The number of nitrogens with one attached hydrogen (secondary N) is 1. The fourth-order valence-corrected chi connectivity index (χ4v) is 4.12. The zero-order valence-corrected chi connectivity index (χ0v) is 11.5. The molecule has 0 amide bonds. The Morgan fingerprint density at radius 2 is 2.32 bits per heavy atom. The van der Waals surface area contributed by atoms with E-state index < -0.39 is 9.84 Å². The topological polar surface area (TPSA) is 76.4 Å². The van der Waals surface area contributed by atoms with E-state index in [-0.39, 0.29) is 5.25 Å². The third-order valence-electron chi connectivity index (χ3n) is 3.43. The van der Waals surface area contributed by atoms with Crippen LogP contribution in [0.1, 0.15) is 18.4 Å². The van der Waals surface area contributed by atoms with Gasteiger partial charge in [-0.2, -0.15) is 4.98 Å². The molecule has 3 heterocycles. The molecule has 1 aliphatic heterocycles. The van der Waals surface area contributed by atoms with Crippen LogP contribution in [0.4, 0.5) is 5.95 Å². The lowest BCUT2D eigenvalue weighted by Crippen LogP contribution is -2.25. The summed E-state index contributed by atoms with van der Waals surface area (Å²) in [6, 6.07) is 3.86. The van der Waals surface area contributed by atoms with Gasteiger partial charge >= 0.3 is 0 Å². The van der Waals surface area contributed by atoms with Gasteiger partial charge in [0.15, 0.2) is 15.5 Å². The second kappa shape index (κ2) is 4.48. The van der Waals surface area contributed by atoms with E-state index in [4.69, 9.17) is 0 Å². The van der Waals surface area contributed by atoms with Gasteiger partial charge in [0, 0.05) is 12.7 Å². The van der Waals surface area contributed by atoms with Gasteiger partial charge in [-0.25, -0.2) is 12.9 Å². The van der Waals surface area contributed by atoms with Crippen molar-refractivity contribution in [2.75, 3.05) is 17.6 Å². The maximum atomic E-state index is 11.7. The van der Waals surface area contributed by atoms with Crippen LogP contribution in [0.25, 0.3) is 5.65 Å². The molecule has 0 saturated carbocycles. The van der Waals surface area contributed by atoms with E-state index in [1.807, 2.05) is 25.3 Å². The van der Waals surface area contributed by atoms with Gasteiger partial charge in [0.2, 0.25) is 5.95 Å². The number of fused-ring (bicyclic) bond motifs is 1. The molecule has 1 fully saturated rings. The molecule has 0 bridgehead atoms. The summed E-state index contributed by atoms with van der Waals surface area (Å²) in [5.74, 6) is 0.782. The molecule has 3 rings (SSSR count). The number of aryl methyl sites for hydroxylation is 1. The van der Waals surface area contributed by atoms with Crippen LogP contribution in [0.3, 0.4) is 0 Å². The van der Waals surface area contributed by atoms with Gasteiger partial charge in [-0.1, -0.05) is 6.07 Å². The van der Waals surface area contributed by atoms with Crippen LogP contribution in [-0.4, -0.2) is 40.6 Å². The molecule has 1 unspecified atom stereocenters. The van der Waals surface area contributed by atoms with Crippen LogP contribution >= 0.6 is 0 Å². The lowest BCUT2D eigenvalue weighted by atomic mass is 10.2. The van der Waals surface area contributed by atoms with Gasteiger partial charge in [0.05, 0.1) is 11.0 Å². The second-order valence-corrected chi connectivity index (χ2v) is 7.36. The van der Waals surface area contributed by atoms with Crippen molar-refractivity contribution in [2.24, 2.45) is 0 Å². The fraction of sp³-hybridized carbons (Fsp3) is 0.500. The average molecular weight is 280 g/mol. The van der Waals surface area contributed by atoms with Gasteiger partial charge in [0.1, 0.15) is 0 Å². The molecule has 6 nitrogen and oxygen atoms in total. The van der Waals surface area contributed by atoms with Crippen molar-refractivity contribution in [2.45, 2.75) is 25.0 Å². The van der Waals surface area contributed by atoms with Crippen LogP contribution in [0.5, 0.6) is 0 Å². The molecule has 2 aromatic heterocycles. The monoisotopic (exact) mass is 280 g/mol. The minimum absolute atomic E-state index is 0.303. The Hall–Kier alpha value is -1.63. The van der Waals surface area contributed by atoms with Crippen LogP contribution in [0.2, 0.25) is 0 Å². The van der Waals surface area contributed by atoms with Gasteiger partial charge in [0.25, 0.3) is 0 Å². The van der Waals surface area contributed by atoms with Gasteiger partial charge < -0.3 is 5.32 Å². The Labute approximate surface area is 111 Å². The van der Waals surface area contributed by atoms with E-state index >= 15 is 0 Å². The molecule has 0 spiro atoms. The largest absolute Gasteiger partial charge is 0.352 e. The Kier molecular flexibility index (Phi) is 2.93. The summed E-state index contributed by atoms with van der Waals surface area (Å²) in [5, 5.41) is 7.01. The molecule has 1 aliphatic rings. The standard InChI is InChI=1S/C12H16N4O2S/c1-9-4-5-11-14-12(15-16(11)8-9)13-7-10-3-2-6-19(10,17)18/h4-5,8,10H,2-3,6-7H2,1H3,(H,13,15). The zero-order chi connectivity index (χ0) is 13.5. The molecular formula is C12H16N4O2S. The molecule has 1 atom stereocenters. The zero-order valence-electron chi connectivity index (χ0n) is 10.7. The lowest BCUT2D eigenvalue weighted by molar-refractivity contribution is 0.591. The summed E-state index contributed by atoms with van der Waals surface area (Å²) in [6.07, 6.45) is 3.37. The number of nitrogens with zero attached hydrogens (tertiary/aromatic N) is 3. The normalized spacial score (nSPS) is 21.8. The summed E-state index contributed by atoms with van der Waals surface area (Å²) in [6.45, 7) is 2.37. The number of hydrogen-bond acceptors (Lipinski definition) is 5. The number of anilines is 1. The Morgan fingerprint density at radius 3 is 3.05 bits per heavy atom. The van der Waals surface area contributed by atoms with Crippen molar-refractivity contribution in [3.63, 3.8) is 0 Å². The highest BCUT2D eigenvalue weighted by Crippen LogP contribution is 2.20. The highest BCUT2D eigenvalue weighted by Gasteiger charge is 2.31. The van der Waals surface area contributed by atoms with E-state index in [2.05, 4.69) is 15.4 Å². The van der Waals surface area contributed by atoms with Crippen LogP contribution in [0.15, 0.2) is 18.3 Å². The molecule has 2 aromatic rings. The van der Waals surface area contributed by atoms with Crippen molar-refractivity contribution in [1.29, 1.82) is 0 Å². The maximum Gasteiger partial charge on any atom is 0.243 e. The average Bonchev–Trinajstić information content (AvgIpc) is 2.88. The maximum absolute atomic E-state index is 11.7. The molecule has 0 radical (unpaired) electrons. The predicted octanol–water partition coefficient (Wildman–Crippen LogP) is 1.03. The molecule has 7 heteroatoms. The van der Waals surface area contributed by atoms with Crippen LogP contribution < -0.4 is 5.32 Å². The molecule has 0 aromatic carbocycles. The minimum atomic E-state index is -2.92. The van der Waals surface area contributed by atoms with Crippen LogP contribution in [-0.2, 0) is 9.84 Å². The van der Waals surface area contributed by atoms with Crippen molar-refractivity contribution in [3.05, 3.63) is 23.9 Å². The molecule has 1 N–H and O–H groups in total. The summed E-state index contributed by atoms with van der Waals surface area (Å²) >= 11 is 0. The van der Waals surface area contributed by atoms with E-state index in [0.717, 1.165) is 24.1 Å².